The van der Waals surface area contributed by atoms with E-state index in [1.807, 2.05) is 30.1 Å². The van der Waals surface area contributed by atoms with Crippen LogP contribution in [0.1, 0.15) is 16.1 Å². The van der Waals surface area contributed by atoms with Gasteiger partial charge >= 0.3 is 5.97 Å². The average Bonchev–Trinajstić information content (AvgIpc) is 2.59. The van der Waals surface area contributed by atoms with Crippen molar-refractivity contribution in [3.05, 3.63) is 53.9 Å². The lowest BCUT2D eigenvalue weighted by molar-refractivity contribution is 0.0697. The Morgan fingerprint density at radius 3 is 2.79 bits per heavy atom. The van der Waals surface area contributed by atoms with Gasteiger partial charge in [-0.15, -0.1) is 0 Å². The summed E-state index contributed by atoms with van der Waals surface area (Å²) in [4.78, 5) is 25.9. The number of benzene rings is 1. The molecule has 0 atom stereocenters. The van der Waals surface area contributed by atoms with E-state index in [4.69, 9.17) is 5.73 Å². The van der Waals surface area contributed by atoms with Gasteiger partial charge in [-0.25, -0.2) is 9.78 Å². The molecule has 2 heterocycles. The summed E-state index contributed by atoms with van der Waals surface area (Å²) in [5.41, 5.74) is 7.57. The summed E-state index contributed by atoms with van der Waals surface area (Å²) in [6.07, 6.45) is 2.49. The number of aromatic nitrogens is 3. The minimum atomic E-state index is -0.990. The van der Waals surface area contributed by atoms with Gasteiger partial charge in [-0.3, -0.25) is 4.98 Å². The van der Waals surface area contributed by atoms with Gasteiger partial charge in [0, 0.05) is 37.3 Å². The number of hydrogen-bond donors (Lipinski definition) is 2. The monoisotopic (exact) mass is 323 g/mol. The second-order valence-corrected chi connectivity index (χ2v) is 5.44. The predicted molar refractivity (Wildman–Crippen MR) is 92.1 cm³/mol. The summed E-state index contributed by atoms with van der Waals surface area (Å²) < 4.78 is 0. The molecule has 0 saturated heterocycles. The molecule has 0 fully saturated rings. The van der Waals surface area contributed by atoms with Gasteiger partial charge in [-0.05, 0) is 30.3 Å². The van der Waals surface area contributed by atoms with E-state index in [0.29, 0.717) is 23.3 Å². The number of anilines is 2. The maximum Gasteiger partial charge on any atom is 0.335 e. The average molecular weight is 323 g/mol. The molecule has 0 saturated carbocycles. The van der Waals surface area contributed by atoms with Gasteiger partial charge in [0.2, 0.25) is 5.95 Å². The fourth-order valence-corrected chi connectivity index (χ4v) is 2.49. The third kappa shape index (κ3) is 3.24. The van der Waals surface area contributed by atoms with Crippen molar-refractivity contribution in [2.24, 2.45) is 0 Å². The Kier molecular flexibility index (Phi) is 4.24. The molecule has 0 unspecified atom stereocenters. The molecule has 0 aliphatic rings. The lowest BCUT2D eigenvalue weighted by Gasteiger charge is -2.20. The van der Waals surface area contributed by atoms with Gasteiger partial charge in [0.05, 0.1) is 11.1 Å². The normalized spacial score (nSPS) is 10.7. The number of nitrogen functional groups attached to an aromatic ring is 1. The van der Waals surface area contributed by atoms with Crippen LogP contribution in [0, 0.1) is 0 Å². The van der Waals surface area contributed by atoms with Crippen molar-refractivity contribution in [1.82, 2.24) is 15.0 Å². The molecule has 2 aromatic heterocycles. The van der Waals surface area contributed by atoms with Crippen molar-refractivity contribution in [2.75, 3.05) is 24.2 Å². The van der Waals surface area contributed by atoms with Crippen molar-refractivity contribution < 1.29 is 9.90 Å². The Bertz CT molecular complexity index is 883. The van der Waals surface area contributed by atoms with Crippen LogP contribution >= 0.6 is 0 Å². The highest BCUT2D eigenvalue weighted by molar-refractivity contribution is 5.97. The van der Waals surface area contributed by atoms with Crippen LogP contribution in [-0.2, 0) is 6.42 Å². The molecule has 0 amide bonds. The number of nitrogens with two attached hydrogens (primary N) is 1. The molecule has 24 heavy (non-hydrogen) atoms. The van der Waals surface area contributed by atoms with Crippen molar-refractivity contribution in [2.45, 2.75) is 6.42 Å². The van der Waals surface area contributed by atoms with Gasteiger partial charge in [0.25, 0.3) is 0 Å². The van der Waals surface area contributed by atoms with Crippen LogP contribution in [0.2, 0.25) is 0 Å². The van der Waals surface area contributed by atoms with Crippen LogP contribution in [0.15, 0.2) is 42.6 Å². The van der Waals surface area contributed by atoms with Crippen LogP contribution in [0.5, 0.6) is 0 Å². The van der Waals surface area contributed by atoms with E-state index in [-0.39, 0.29) is 11.5 Å². The van der Waals surface area contributed by atoms with Gasteiger partial charge in [0.1, 0.15) is 5.82 Å². The van der Waals surface area contributed by atoms with Crippen LogP contribution in [-0.4, -0.2) is 39.6 Å². The molecule has 0 aliphatic carbocycles. The maximum absolute atomic E-state index is 11.2. The molecule has 3 rings (SSSR count). The van der Waals surface area contributed by atoms with Crippen LogP contribution in [0.4, 0.5) is 11.8 Å². The van der Waals surface area contributed by atoms with E-state index in [2.05, 4.69) is 15.0 Å². The van der Waals surface area contributed by atoms with E-state index >= 15 is 0 Å². The summed E-state index contributed by atoms with van der Waals surface area (Å²) in [5.74, 6) is -0.224. The standard InChI is InChI=1S/C17H17N5O2/c1-22(9-7-12-4-2-3-8-19-12)15-13-10-11(16(23)24)5-6-14(13)20-17(18)21-15/h2-6,8,10H,7,9H2,1H3,(H,23,24)(H2,18,20,21). The van der Waals surface area contributed by atoms with E-state index in [1.54, 1.807) is 18.3 Å². The first kappa shape index (κ1) is 15.7. The van der Waals surface area contributed by atoms with Gasteiger partial charge in [-0.1, -0.05) is 6.07 Å². The van der Waals surface area contributed by atoms with E-state index in [9.17, 15) is 9.90 Å². The SMILES string of the molecule is CN(CCc1ccccn1)c1nc(N)nc2ccc(C(=O)O)cc12. The number of rotatable bonds is 5. The quantitative estimate of drug-likeness (QED) is 0.739. The van der Waals surface area contributed by atoms with Crippen LogP contribution in [0.25, 0.3) is 10.9 Å². The first-order chi connectivity index (χ1) is 11.5. The Balaban J connectivity index is 1.94. The number of carboxylic acid groups (broad SMARTS) is 1. The fourth-order valence-electron chi connectivity index (χ4n) is 2.49. The Labute approximate surface area is 138 Å². The van der Waals surface area contributed by atoms with Crippen molar-refractivity contribution in [3.8, 4) is 0 Å². The molecule has 0 radical (unpaired) electrons. The van der Waals surface area contributed by atoms with E-state index in [0.717, 1.165) is 12.1 Å². The zero-order valence-electron chi connectivity index (χ0n) is 13.2. The zero-order valence-corrected chi connectivity index (χ0v) is 13.2. The highest BCUT2D eigenvalue weighted by Gasteiger charge is 2.13. The lowest BCUT2D eigenvalue weighted by atomic mass is 10.1. The molecule has 3 aromatic rings. The number of fused-ring (bicyclic) bond motifs is 1. The van der Waals surface area contributed by atoms with Gasteiger partial charge in [0.15, 0.2) is 0 Å². The minimum absolute atomic E-state index is 0.158. The van der Waals surface area contributed by atoms with Crippen molar-refractivity contribution in [1.29, 1.82) is 0 Å². The topological polar surface area (TPSA) is 105 Å². The Morgan fingerprint density at radius 1 is 1.25 bits per heavy atom. The molecular weight excluding hydrogens is 306 g/mol. The minimum Gasteiger partial charge on any atom is -0.478 e. The van der Waals surface area contributed by atoms with E-state index in [1.165, 1.54) is 6.07 Å². The molecule has 3 N–H and O–H groups in total. The Hall–Kier alpha value is -3.22. The van der Waals surface area contributed by atoms with Crippen LogP contribution < -0.4 is 10.6 Å². The van der Waals surface area contributed by atoms with E-state index < -0.39 is 5.97 Å². The van der Waals surface area contributed by atoms with Gasteiger partial charge < -0.3 is 15.7 Å². The number of pyridine rings is 1. The summed E-state index contributed by atoms with van der Waals surface area (Å²) in [6, 6.07) is 10.5. The number of carboxylic acids is 1. The molecule has 0 spiro atoms. The molecule has 7 nitrogen and oxygen atoms in total. The van der Waals surface area contributed by atoms with Crippen LogP contribution in [0.3, 0.4) is 0 Å². The Morgan fingerprint density at radius 2 is 2.08 bits per heavy atom. The first-order valence-corrected chi connectivity index (χ1v) is 7.46. The second-order valence-electron chi connectivity index (χ2n) is 5.44. The highest BCUT2D eigenvalue weighted by atomic mass is 16.4. The summed E-state index contributed by atoms with van der Waals surface area (Å²) in [7, 11) is 1.89. The smallest absolute Gasteiger partial charge is 0.335 e. The molecule has 122 valence electrons. The number of nitrogens with zero attached hydrogens (tertiary/aromatic N) is 4. The molecule has 0 aliphatic heterocycles. The van der Waals surface area contributed by atoms with Crippen molar-refractivity contribution >= 4 is 28.6 Å². The first-order valence-electron chi connectivity index (χ1n) is 7.46. The zero-order chi connectivity index (χ0) is 17.1. The van der Waals surface area contributed by atoms with Crippen molar-refractivity contribution in [3.63, 3.8) is 0 Å². The fraction of sp³-hybridized carbons (Fsp3) is 0.176. The number of hydrogen-bond acceptors (Lipinski definition) is 6. The number of aromatic carboxylic acids is 1. The molecular formula is C17H17N5O2. The number of carbonyl (C=O) groups is 1. The number of likely N-dealkylation sites (N-methyl/N-ethyl adjacent to an activating group) is 1. The second kappa shape index (κ2) is 6.49. The largest absolute Gasteiger partial charge is 0.478 e. The molecule has 1 aromatic carbocycles. The predicted octanol–water partition coefficient (Wildman–Crippen LogP) is 1.98. The van der Waals surface area contributed by atoms with Gasteiger partial charge in [-0.2, -0.15) is 4.98 Å². The summed E-state index contributed by atoms with van der Waals surface area (Å²) in [5, 5.41) is 9.85. The summed E-state index contributed by atoms with van der Waals surface area (Å²) >= 11 is 0. The third-order valence-electron chi connectivity index (χ3n) is 3.73. The third-order valence-corrected chi connectivity index (χ3v) is 3.73. The molecule has 7 heteroatoms. The molecule has 0 bridgehead atoms. The summed E-state index contributed by atoms with van der Waals surface area (Å²) in [6.45, 7) is 0.667. The lowest BCUT2D eigenvalue weighted by Crippen LogP contribution is -2.22. The highest BCUT2D eigenvalue weighted by Crippen LogP contribution is 2.25. The maximum atomic E-state index is 11.2.